The minimum Gasteiger partial charge on any atom is -0.500 e. The monoisotopic (exact) mass is 662 g/mol. The Morgan fingerprint density at radius 3 is 2.48 bits per heavy atom. The maximum absolute atomic E-state index is 13.8. The number of alkyl halides is 3. The Bertz CT molecular complexity index is 1650. The summed E-state index contributed by atoms with van der Waals surface area (Å²) in [4.78, 5) is 32.1. The lowest BCUT2D eigenvalue weighted by atomic mass is 9.89. The lowest BCUT2D eigenvalue weighted by Crippen LogP contribution is -2.50. The van der Waals surface area contributed by atoms with Crippen LogP contribution in [0.2, 0.25) is 0 Å². The number of halogens is 3. The number of rotatable bonds is 0. The smallest absolute Gasteiger partial charge is 0.416 e. The molecule has 2 amide bonds. The zero-order chi connectivity index (χ0) is 33.1. The van der Waals surface area contributed by atoms with Crippen LogP contribution in [-0.4, -0.2) is 86.5 Å². The molecular formula is C32H37F3N4O6S. The molecule has 10 nitrogen and oxygen atoms in total. The molecule has 0 unspecified atom stereocenters. The predicted octanol–water partition coefficient (Wildman–Crippen LogP) is 4.07. The first-order valence-corrected chi connectivity index (χ1v) is 16.7. The number of likely N-dealkylation sites (N-methyl/N-ethyl adjacent to an activating group) is 1. The van der Waals surface area contributed by atoms with Crippen LogP contribution in [0.15, 0.2) is 53.7 Å². The van der Waals surface area contributed by atoms with Crippen molar-refractivity contribution in [3.8, 4) is 5.75 Å². The van der Waals surface area contributed by atoms with Crippen LogP contribution in [0.1, 0.15) is 58.3 Å². The van der Waals surface area contributed by atoms with E-state index in [1.54, 1.807) is 31.3 Å². The van der Waals surface area contributed by atoms with Gasteiger partial charge in [-0.2, -0.15) is 13.2 Å². The molecule has 0 radical (unpaired) electrons. The number of fused-ring (bicyclic) bond motifs is 2. The van der Waals surface area contributed by atoms with Gasteiger partial charge in [0.15, 0.2) is 0 Å². The third-order valence-electron chi connectivity index (χ3n) is 8.52. The molecule has 2 aromatic rings. The van der Waals surface area contributed by atoms with Gasteiger partial charge in [-0.3, -0.25) is 14.6 Å². The SMILES string of the molecule is Cc1cc2ccc1CCS(=O)(=O)N1CCC3(CC1)N=C(NC3=O)c1cc(cc(C(F)(F)F)c1)OCCCC=COCCN(C)C2=O. The number of piperidine rings is 1. The summed E-state index contributed by atoms with van der Waals surface area (Å²) in [6.45, 7) is 2.65. The topological polar surface area (TPSA) is 118 Å². The minimum absolute atomic E-state index is 0.00209. The maximum atomic E-state index is 13.8. The molecule has 46 heavy (non-hydrogen) atoms. The van der Waals surface area contributed by atoms with E-state index in [0.29, 0.717) is 24.9 Å². The fourth-order valence-electron chi connectivity index (χ4n) is 5.69. The first-order valence-electron chi connectivity index (χ1n) is 15.1. The van der Waals surface area contributed by atoms with E-state index in [0.717, 1.165) is 23.3 Å². The van der Waals surface area contributed by atoms with Crippen LogP contribution >= 0.6 is 0 Å². The zero-order valence-corrected chi connectivity index (χ0v) is 26.5. The van der Waals surface area contributed by atoms with Gasteiger partial charge >= 0.3 is 6.18 Å². The van der Waals surface area contributed by atoms with Crippen molar-refractivity contribution in [2.24, 2.45) is 4.99 Å². The number of sulfonamides is 1. The molecule has 248 valence electrons. The van der Waals surface area contributed by atoms with Crippen LogP contribution in [0.5, 0.6) is 5.75 Å². The van der Waals surface area contributed by atoms with E-state index in [1.807, 2.05) is 6.92 Å². The molecule has 7 rings (SSSR count). The Labute approximate surface area is 266 Å². The van der Waals surface area contributed by atoms with Gasteiger partial charge < -0.3 is 19.7 Å². The number of amidine groups is 1. The van der Waals surface area contributed by atoms with Gasteiger partial charge in [0.05, 0.1) is 30.7 Å². The molecular weight excluding hydrogens is 625 g/mol. The summed E-state index contributed by atoms with van der Waals surface area (Å²) in [5.41, 5.74) is -0.0697. The molecule has 1 N–H and O–H groups in total. The molecule has 5 aliphatic heterocycles. The molecule has 0 aliphatic carbocycles. The van der Waals surface area contributed by atoms with Crippen LogP contribution in [0.25, 0.3) is 0 Å². The van der Waals surface area contributed by atoms with Gasteiger partial charge in [-0.15, -0.1) is 0 Å². The van der Waals surface area contributed by atoms with E-state index < -0.39 is 33.2 Å². The van der Waals surface area contributed by atoms with E-state index in [2.05, 4.69) is 10.3 Å². The third kappa shape index (κ3) is 7.55. The number of carbonyl (C=O) groups is 2. The number of nitrogens with zero attached hydrogens (tertiary/aromatic N) is 3. The Hall–Kier alpha value is -3.91. The van der Waals surface area contributed by atoms with Gasteiger partial charge in [-0.25, -0.2) is 12.7 Å². The van der Waals surface area contributed by atoms with Crippen LogP contribution in [0.4, 0.5) is 13.2 Å². The summed E-state index contributed by atoms with van der Waals surface area (Å²) in [5.74, 6) is -0.841. The molecule has 1 spiro atoms. The van der Waals surface area contributed by atoms with Crippen molar-refractivity contribution < 1.29 is 40.7 Å². The number of hydrogen-bond acceptors (Lipinski definition) is 7. The average Bonchev–Trinajstić information content (AvgIpc) is 3.33. The highest BCUT2D eigenvalue weighted by atomic mass is 32.2. The van der Waals surface area contributed by atoms with Crippen molar-refractivity contribution in [3.05, 3.63) is 76.6 Å². The molecule has 7 bridgehead atoms. The quantitative estimate of drug-likeness (QED) is 0.455. The number of allylic oxidation sites excluding steroid dienone is 1. The Morgan fingerprint density at radius 2 is 1.76 bits per heavy atom. The normalized spacial score (nSPS) is 24.5. The maximum Gasteiger partial charge on any atom is 0.416 e. The molecule has 2 aromatic carbocycles. The number of amides is 2. The predicted molar refractivity (Wildman–Crippen MR) is 165 cm³/mol. The standard InChI is InChI=1S/C32H37F3N4O6S/c1-22-18-24-7-6-23(22)8-17-46(42,43)39-11-9-31(10-12-39)30(41)36-28(37-31)25-19-26(32(33,34)35)21-27(20-25)45-15-5-3-4-14-44-16-13-38(2)29(24)40/h4,6-7,14,18-21H,3,5,8-13,15-17H2,1-2H3,(H,36,37,41). The van der Waals surface area contributed by atoms with Gasteiger partial charge in [0.25, 0.3) is 11.8 Å². The van der Waals surface area contributed by atoms with Crippen LogP contribution in [-0.2, 0) is 32.2 Å². The van der Waals surface area contributed by atoms with Gasteiger partial charge in [-0.1, -0.05) is 6.07 Å². The van der Waals surface area contributed by atoms with Gasteiger partial charge in [0.1, 0.15) is 23.7 Å². The summed E-state index contributed by atoms with van der Waals surface area (Å²) in [7, 11) is -2.03. The zero-order valence-electron chi connectivity index (χ0n) is 25.7. The summed E-state index contributed by atoms with van der Waals surface area (Å²) >= 11 is 0. The number of benzene rings is 2. The van der Waals surface area contributed by atoms with Crippen molar-refractivity contribution in [1.82, 2.24) is 14.5 Å². The van der Waals surface area contributed by atoms with Gasteiger partial charge in [0, 0.05) is 31.3 Å². The van der Waals surface area contributed by atoms with E-state index in [9.17, 15) is 31.2 Å². The largest absolute Gasteiger partial charge is 0.500 e. The average molecular weight is 663 g/mol. The minimum atomic E-state index is -4.66. The summed E-state index contributed by atoms with van der Waals surface area (Å²) in [6, 6.07) is 8.44. The fourth-order valence-corrected chi connectivity index (χ4v) is 7.17. The fraction of sp³-hybridized carbons (Fsp3) is 0.469. The molecule has 14 heteroatoms. The third-order valence-corrected chi connectivity index (χ3v) is 10.4. The van der Waals surface area contributed by atoms with E-state index >= 15 is 0 Å². The van der Waals surface area contributed by atoms with E-state index in [4.69, 9.17) is 9.47 Å². The van der Waals surface area contributed by atoms with Crippen molar-refractivity contribution >= 4 is 27.7 Å². The molecule has 5 heterocycles. The lowest BCUT2D eigenvalue weighted by molar-refractivity contribution is -0.137. The number of hydrogen-bond donors (Lipinski definition) is 1. The lowest BCUT2D eigenvalue weighted by Gasteiger charge is -2.34. The number of carbonyl (C=O) groups excluding carboxylic acids is 2. The Balaban J connectivity index is 1.40. The Kier molecular flexibility index (Phi) is 9.78. The second-order valence-corrected chi connectivity index (χ2v) is 13.8. The number of aryl methyl sites for hydroxylation is 2. The molecule has 0 atom stereocenters. The number of aliphatic imine (C=N–C) groups is 1. The Morgan fingerprint density at radius 1 is 1.00 bits per heavy atom. The molecule has 5 aliphatic rings. The number of nitrogens with one attached hydrogen (secondary N) is 1. The van der Waals surface area contributed by atoms with Crippen LogP contribution < -0.4 is 10.1 Å². The molecule has 1 saturated heterocycles. The van der Waals surface area contributed by atoms with E-state index in [-0.39, 0.29) is 74.4 Å². The highest BCUT2D eigenvalue weighted by Gasteiger charge is 2.47. The van der Waals surface area contributed by atoms with Crippen LogP contribution in [0.3, 0.4) is 0 Å². The summed E-state index contributed by atoms with van der Waals surface area (Å²) in [5, 5.41) is 2.63. The molecule has 0 saturated carbocycles. The second-order valence-electron chi connectivity index (χ2n) is 11.8. The second kappa shape index (κ2) is 13.4. The van der Waals surface area contributed by atoms with Gasteiger partial charge in [0.2, 0.25) is 10.0 Å². The highest BCUT2D eigenvalue weighted by Crippen LogP contribution is 2.36. The van der Waals surface area contributed by atoms with Crippen molar-refractivity contribution in [2.45, 2.75) is 50.7 Å². The van der Waals surface area contributed by atoms with Gasteiger partial charge in [-0.05, 0) is 86.6 Å². The van der Waals surface area contributed by atoms with Crippen molar-refractivity contribution in [1.29, 1.82) is 0 Å². The van der Waals surface area contributed by atoms with Crippen LogP contribution in [0, 0.1) is 6.92 Å². The summed E-state index contributed by atoms with van der Waals surface area (Å²) in [6.07, 6.45) is 0.0847. The molecule has 0 aromatic heterocycles. The van der Waals surface area contributed by atoms with Crippen molar-refractivity contribution in [2.75, 3.05) is 45.6 Å². The summed E-state index contributed by atoms with van der Waals surface area (Å²) < 4.78 is 80.4. The first-order chi connectivity index (χ1) is 21.8. The van der Waals surface area contributed by atoms with Crippen molar-refractivity contribution in [3.63, 3.8) is 0 Å². The first kappa shape index (κ1) is 33.5. The highest BCUT2D eigenvalue weighted by molar-refractivity contribution is 7.89. The number of ether oxygens (including phenoxy) is 2. The molecule has 1 fully saturated rings. The van der Waals surface area contributed by atoms with E-state index in [1.165, 1.54) is 21.5 Å².